The lowest BCUT2D eigenvalue weighted by Crippen LogP contribution is -2.32. The Bertz CT molecular complexity index is 1240. The van der Waals surface area contributed by atoms with Crippen LogP contribution >= 0.6 is 0 Å². The summed E-state index contributed by atoms with van der Waals surface area (Å²) >= 11 is 0. The molecule has 3 atom stereocenters. The minimum atomic E-state index is -0.295. The van der Waals surface area contributed by atoms with Crippen molar-refractivity contribution < 1.29 is 18.6 Å². The van der Waals surface area contributed by atoms with Crippen LogP contribution in [-0.4, -0.2) is 56.7 Å². The van der Waals surface area contributed by atoms with Crippen LogP contribution in [0.3, 0.4) is 0 Å². The Labute approximate surface area is 188 Å². The fourth-order valence-corrected chi connectivity index (χ4v) is 4.11. The van der Waals surface area contributed by atoms with Gasteiger partial charge in [0.05, 0.1) is 18.4 Å². The Morgan fingerprint density at radius 2 is 1.73 bits per heavy atom. The number of fused-ring (bicyclic) bond motifs is 1. The highest BCUT2D eigenvalue weighted by Gasteiger charge is 2.43. The molecule has 5 heterocycles. The maximum Gasteiger partial charge on any atom is 0.213 e. The number of nitrogens with zero attached hydrogens (tertiary/aromatic N) is 4. The van der Waals surface area contributed by atoms with Crippen LogP contribution in [0.4, 0.5) is 4.39 Å². The molecule has 0 spiro atoms. The lowest BCUT2D eigenvalue weighted by atomic mass is 10.1. The van der Waals surface area contributed by atoms with Crippen molar-refractivity contribution in [3.63, 3.8) is 0 Å². The molecule has 9 heteroatoms. The lowest BCUT2D eigenvalue weighted by Gasteiger charge is -2.17. The van der Waals surface area contributed by atoms with Crippen molar-refractivity contribution in [1.29, 1.82) is 0 Å². The van der Waals surface area contributed by atoms with Gasteiger partial charge in [-0.05, 0) is 48.9 Å². The molecule has 4 aromatic rings. The SMILES string of the molecule is Fc1ccc(-c2nc(-c3ccc(-c4ccc(OC5COC6CCOC65)nc4)nc3)n[nH]2)cc1. The average molecular weight is 445 g/mol. The van der Waals surface area contributed by atoms with E-state index in [1.54, 1.807) is 24.5 Å². The first kappa shape index (κ1) is 20.0. The maximum absolute atomic E-state index is 13.1. The van der Waals surface area contributed by atoms with Crippen LogP contribution in [0.5, 0.6) is 5.88 Å². The number of hydrogen-bond acceptors (Lipinski definition) is 7. The van der Waals surface area contributed by atoms with E-state index in [0.717, 1.165) is 28.8 Å². The zero-order valence-electron chi connectivity index (χ0n) is 17.5. The first-order valence-corrected chi connectivity index (χ1v) is 10.7. The van der Waals surface area contributed by atoms with E-state index < -0.39 is 0 Å². The van der Waals surface area contributed by atoms with E-state index in [-0.39, 0.29) is 24.1 Å². The molecule has 8 nitrogen and oxygen atoms in total. The van der Waals surface area contributed by atoms with Crippen LogP contribution in [0.2, 0.25) is 0 Å². The molecular formula is C24H20FN5O3. The van der Waals surface area contributed by atoms with Crippen molar-refractivity contribution in [1.82, 2.24) is 25.1 Å². The number of ether oxygens (including phenoxy) is 3. The molecule has 3 aromatic heterocycles. The van der Waals surface area contributed by atoms with Crippen molar-refractivity contribution in [3.8, 4) is 39.9 Å². The number of benzene rings is 1. The molecule has 2 aliphatic heterocycles. The molecule has 2 fully saturated rings. The van der Waals surface area contributed by atoms with E-state index in [4.69, 9.17) is 14.2 Å². The summed E-state index contributed by atoms with van der Waals surface area (Å²) in [6, 6.07) is 13.6. The second-order valence-electron chi connectivity index (χ2n) is 7.98. The topological polar surface area (TPSA) is 95.0 Å². The highest BCUT2D eigenvalue weighted by molar-refractivity contribution is 5.64. The Balaban J connectivity index is 1.14. The van der Waals surface area contributed by atoms with Gasteiger partial charge in [0.2, 0.25) is 5.88 Å². The number of halogens is 1. The standard InChI is InChI=1S/C24H20FN5O3/c25-17-5-1-14(2-6-17)23-28-24(30-29-23)16-3-7-18(26-12-16)15-4-8-21(27-11-15)33-20-13-32-19-9-10-31-22(19)20/h1-8,11-12,19-20,22H,9-10,13H2,(H,28,29,30). The molecule has 33 heavy (non-hydrogen) atoms. The van der Waals surface area contributed by atoms with Crippen LogP contribution in [0, 0.1) is 5.82 Å². The third kappa shape index (κ3) is 3.96. The van der Waals surface area contributed by atoms with Crippen LogP contribution < -0.4 is 4.74 Å². The van der Waals surface area contributed by atoms with Gasteiger partial charge in [-0.3, -0.25) is 10.1 Å². The average Bonchev–Trinajstić information content (AvgIpc) is 3.59. The summed E-state index contributed by atoms with van der Waals surface area (Å²) in [5.74, 6) is 1.32. The van der Waals surface area contributed by atoms with Gasteiger partial charge >= 0.3 is 0 Å². The molecule has 1 N–H and O–H groups in total. The smallest absolute Gasteiger partial charge is 0.213 e. The number of nitrogens with one attached hydrogen (secondary N) is 1. The summed E-state index contributed by atoms with van der Waals surface area (Å²) in [6.45, 7) is 1.23. The van der Waals surface area contributed by atoms with Crippen molar-refractivity contribution in [2.45, 2.75) is 24.7 Å². The summed E-state index contributed by atoms with van der Waals surface area (Å²) in [6.07, 6.45) is 4.35. The Kier molecular flexibility index (Phi) is 5.04. The number of pyridine rings is 2. The fourth-order valence-electron chi connectivity index (χ4n) is 4.11. The lowest BCUT2D eigenvalue weighted by molar-refractivity contribution is 0.0289. The van der Waals surface area contributed by atoms with E-state index in [1.165, 1.54) is 12.1 Å². The van der Waals surface area contributed by atoms with Crippen LogP contribution in [0.25, 0.3) is 34.0 Å². The molecule has 3 unspecified atom stereocenters. The van der Waals surface area contributed by atoms with Gasteiger partial charge in [0, 0.05) is 41.8 Å². The predicted molar refractivity (Wildman–Crippen MR) is 117 cm³/mol. The summed E-state index contributed by atoms with van der Waals surface area (Å²) < 4.78 is 30.6. The van der Waals surface area contributed by atoms with E-state index in [0.29, 0.717) is 30.7 Å². The molecule has 0 amide bonds. The number of aromatic amines is 1. The summed E-state index contributed by atoms with van der Waals surface area (Å²) in [5.41, 5.74) is 3.17. The van der Waals surface area contributed by atoms with Gasteiger partial charge < -0.3 is 14.2 Å². The second-order valence-corrected chi connectivity index (χ2v) is 7.98. The summed E-state index contributed by atoms with van der Waals surface area (Å²) in [5, 5.41) is 7.13. The van der Waals surface area contributed by atoms with E-state index in [2.05, 4.69) is 25.1 Å². The van der Waals surface area contributed by atoms with Gasteiger partial charge in [-0.15, -0.1) is 0 Å². The third-order valence-corrected chi connectivity index (χ3v) is 5.85. The molecular weight excluding hydrogens is 425 g/mol. The van der Waals surface area contributed by atoms with Crippen molar-refractivity contribution in [2.24, 2.45) is 0 Å². The number of H-pyrrole nitrogens is 1. The normalized spacial score (nSPS) is 21.8. The molecule has 2 aliphatic rings. The number of hydrogen-bond donors (Lipinski definition) is 1. The molecule has 0 saturated carbocycles. The van der Waals surface area contributed by atoms with Crippen LogP contribution in [-0.2, 0) is 9.47 Å². The molecule has 0 aliphatic carbocycles. The van der Waals surface area contributed by atoms with Gasteiger partial charge in [-0.2, -0.15) is 5.10 Å². The van der Waals surface area contributed by atoms with E-state index in [1.807, 2.05) is 24.3 Å². The van der Waals surface area contributed by atoms with Gasteiger partial charge in [-0.1, -0.05) is 0 Å². The fraction of sp³-hybridized carbons (Fsp3) is 0.250. The minimum absolute atomic E-state index is 0.0140. The monoisotopic (exact) mass is 445 g/mol. The largest absolute Gasteiger partial charge is 0.469 e. The van der Waals surface area contributed by atoms with Crippen molar-refractivity contribution in [3.05, 3.63) is 66.7 Å². The predicted octanol–water partition coefficient (Wildman–Crippen LogP) is 3.67. The molecule has 0 bridgehead atoms. The Morgan fingerprint density at radius 3 is 2.52 bits per heavy atom. The quantitative estimate of drug-likeness (QED) is 0.501. The van der Waals surface area contributed by atoms with E-state index in [9.17, 15) is 4.39 Å². The van der Waals surface area contributed by atoms with E-state index >= 15 is 0 Å². The second kappa shape index (κ2) is 8.34. The van der Waals surface area contributed by atoms with Crippen LogP contribution in [0.1, 0.15) is 6.42 Å². The van der Waals surface area contributed by atoms with Crippen molar-refractivity contribution >= 4 is 0 Å². The highest BCUT2D eigenvalue weighted by atomic mass is 19.1. The van der Waals surface area contributed by atoms with Gasteiger partial charge in [0.25, 0.3) is 0 Å². The summed E-state index contributed by atoms with van der Waals surface area (Å²) in [4.78, 5) is 13.4. The zero-order valence-corrected chi connectivity index (χ0v) is 17.5. The maximum atomic E-state index is 13.1. The Hall–Kier alpha value is -3.69. The summed E-state index contributed by atoms with van der Waals surface area (Å²) in [7, 11) is 0. The minimum Gasteiger partial charge on any atom is -0.469 e. The zero-order chi connectivity index (χ0) is 22.2. The first-order chi connectivity index (χ1) is 16.2. The number of aromatic nitrogens is 5. The molecule has 1 aromatic carbocycles. The van der Waals surface area contributed by atoms with Gasteiger partial charge in [0.15, 0.2) is 17.8 Å². The van der Waals surface area contributed by atoms with Crippen LogP contribution in [0.15, 0.2) is 60.9 Å². The van der Waals surface area contributed by atoms with Crippen molar-refractivity contribution in [2.75, 3.05) is 13.2 Å². The van der Waals surface area contributed by atoms with Gasteiger partial charge in [0.1, 0.15) is 11.9 Å². The molecule has 0 radical (unpaired) electrons. The third-order valence-electron chi connectivity index (χ3n) is 5.85. The van der Waals surface area contributed by atoms with Gasteiger partial charge in [-0.25, -0.2) is 14.4 Å². The highest BCUT2D eigenvalue weighted by Crippen LogP contribution is 2.29. The molecule has 2 saturated heterocycles. The number of rotatable bonds is 5. The molecule has 166 valence electrons. The molecule has 6 rings (SSSR count). The Morgan fingerprint density at radius 1 is 0.909 bits per heavy atom. The first-order valence-electron chi connectivity index (χ1n) is 10.7.